The summed E-state index contributed by atoms with van der Waals surface area (Å²) in [6.45, 7) is 8.63. The average Bonchev–Trinajstić information content (AvgIpc) is 2.41. The summed E-state index contributed by atoms with van der Waals surface area (Å²) >= 11 is 0. The summed E-state index contributed by atoms with van der Waals surface area (Å²) in [5, 5.41) is 48.8. The Balaban J connectivity index is 6.04. The van der Waals surface area contributed by atoms with Gasteiger partial charge in [-0.05, 0) is 18.3 Å². The lowest BCUT2D eigenvalue weighted by Crippen LogP contribution is -2.58. The summed E-state index contributed by atoms with van der Waals surface area (Å²) in [4.78, 5) is 11.1. The van der Waals surface area contributed by atoms with E-state index < -0.39 is 34.8 Å². The molecule has 0 bridgehead atoms. The zero-order valence-electron chi connectivity index (χ0n) is 15.0. The van der Waals surface area contributed by atoms with Crippen molar-refractivity contribution in [3.63, 3.8) is 0 Å². The Labute approximate surface area is 139 Å². The van der Waals surface area contributed by atoms with Gasteiger partial charge in [0.25, 0.3) is 0 Å². The van der Waals surface area contributed by atoms with E-state index >= 15 is 0 Å². The van der Waals surface area contributed by atoms with Gasteiger partial charge in [0.2, 0.25) is 0 Å². The van der Waals surface area contributed by atoms with Crippen LogP contribution < -0.4 is 0 Å². The van der Waals surface area contributed by atoms with Crippen LogP contribution in [0.1, 0.15) is 73.1 Å². The maximum atomic E-state index is 11.1. The summed E-state index contributed by atoms with van der Waals surface area (Å²) in [6.07, 6.45) is -0.318. The Morgan fingerprint density at radius 3 is 1.61 bits per heavy atom. The van der Waals surface area contributed by atoms with E-state index in [9.17, 15) is 25.2 Å². The number of unbranched alkanes of at least 4 members (excludes halogenated alkanes) is 2. The van der Waals surface area contributed by atoms with Crippen molar-refractivity contribution >= 4 is 5.97 Å². The van der Waals surface area contributed by atoms with Gasteiger partial charge in [-0.25, -0.2) is 0 Å². The maximum Gasteiger partial charge on any atom is 0.303 e. The summed E-state index contributed by atoms with van der Waals surface area (Å²) < 4.78 is 0. The van der Waals surface area contributed by atoms with E-state index in [2.05, 4.69) is 0 Å². The van der Waals surface area contributed by atoms with Crippen molar-refractivity contribution in [2.75, 3.05) is 0 Å². The minimum absolute atomic E-state index is 0.140. The molecule has 6 heteroatoms. The molecule has 0 aliphatic carbocycles. The predicted octanol–water partition coefficient (Wildman–Crippen LogP) is 2.09. The second kappa shape index (κ2) is 8.42. The summed E-state index contributed by atoms with van der Waals surface area (Å²) in [6, 6.07) is 0. The number of rotatable bonds is 11. The van der Waals surface area contributed by atoms with Crippen LogP contribution in [0.2, 0.25) is 0 Å². The van der Waals surface area contributed by atoms with Crippen LogP contribution in [0.4, 0.5) is 0 Å². The van der Waals surface area contributed by atoms with Crippen LogP contribution in [0.3, 0.4) is 0 Å². The van der Waals surface area contributed by atoms with Crippen LogP contribution in [0.5, 0.6) is 0 Å². The number of aliphatic hydroxyl groups is 4. The van der Waals surface area contributed by atoms with Crippen LogP contribution in [0, 0.1) is 16.2 Å². The first-order valence-electron chi connectivity index (χ1n) is 8.31. The van der Waals surface area contributed by atoms with Gasteiger partial charge in [-0.3, -0.25) is 4.79 Å². The molecular formula is C17H34O6. The van der Waals surface area contributed by atoms with Crippen LogP contribution >= 0.6 is 0 Å². The van der Waals surface area contributed by atoms with E-state index in [0.717, 1.165) is 19.3 Å². The predicted molar refractivity (Wildman–Crippen MR) is 87.5 cm³/mol. The molecular weight excluding hydrogens is 300 g/mol. The van der Waals surface area contributed by atoms with Crippen molar-refractivity contribution in [1.82, 2.24) is 0 Å². The minimum Gasteiger partial charge on any atom is -0.481 e. The molecule has 0 amide bonds. The van der Waals surface area contributed by atoms with Crippen molar-refractivity contribution in [1.29, 1.82) is 0 Å². The van der Waals surface area contributed by atoms with Crippen molar-refractivity contribution in [2.24, 2.45) is 16.2 Å². The fraction of sp³-hybridized carbons (Fsp3) is 0.941. The first-order chi connectivity index (χ1) is 10.4. The smallest absolute Gasteiger partial charge is 0.303 e. The quantitative estimate of drug-likeness (QED) is 0.292. The highest BCUT2D eigenvalue weighted by molar-refractivity contribution is 5.66. The number of aliphatic carboxylic acids is 1. The lowest BCUT2D eigenvalue weighted by molar-refractivity contribution is -0.257. The normalized spacial score (nSPS) is 13.9. The number of hydrogen-bond acceptors (Lipinski definition) is 5. The molecule has 0 saturated carbocycles. The molecule has 0 saturated heterocycles. The molecule has 0 aromatic heterocycles. The number of carboxylic acids is 1. The van der Waals surface area contributed by atoms with Crippen LogP contribution in [0.15, 0.2) is 0 Å². The third-order valence-corrected chi connectivity index (χ3v) is 5.73. The molecule has 5 N–H and O–H groups in total. The third-order valence-electron chi connectivity index (χ3n) is 5.73. The van der Waals surface area contributed by atoms with Crippen LogP contribution in [-0.4, -0.2) is 44.1 Å². The number of aliphatic hydroxyl groups excluding tert-OH is 2. The second-order valence-electron chi connectivity index (χ2n) is 7.62. The minimum atomic E-state index is -1.70. The first-order valence-corrected chi connectivity index (χ1v) is 8.31. The molecule has 0 atom stereocenters. The topological polar surface area (TPSA) is 118 Å². The Hall–Kier alpha value is -0.690. The van der Waals surface area contributed by atoms with E-state index in [-0.39, 0.29) is 12.8 Å². The Bertz CT molecular complexity index is 353. The molecule has 0 aromatic rings. The van der Waals surface area contributed by atoms with E-state index in [1.54, 1.807) is 27.7 Å². The van der Waals surface area contributed by atoms with Gasteiger partial charge >= 0.3 is 5.97 Å². The fourth-order valence-corrected chi connectivity index (χ4v) is 3.74. The van der Waals surface area contributed by atoms with Gasteiger partial charge in [0.15, 0.2) is 12.6 Å². The van der Waals surface area contributed by atoms with Gasteiger partial charge in [-0.1, -0.05) is 53.9 Å². The highest BCUT2D eigenvalue weighted by Crippen LogP contribution is 2.60. The molecule has 6 nitrogen and oxygen atoms in total. The van der Waals surface area contributed by atoms with E-state index in [0.29, 0.717) is 6.42 Å². The molecule has 0 fully saturated rings. The third kappa shape index (κ3) is 4.66. The van der Waals surface area contributed by atoms with Gasteiger partial charge in [0, 0.05) is 17.3 Å². The van der Waals surface area contributed by atoms with Gasteiger partial charge < -0.3 is 25.5 Å². The van der Waals surface area contributed by atoms with E-state index in [1.807, 2.05) is 6.92 Å². The van der Waals surface area contributed by atoms with Crippen molar-refractivity contribution in [3.05, 3.63) is 0 Å². The molecule has 0 unspecified atom stereocenters. The monoisotopic (exact) mass is 334 g/mol. The Morgan fingerprint density at radius 1 is 0.870 bits per heavy atom. The van der Waals surface area contributed by atoms with E-state index in [4.69, 9.17) is 5.11 Å². The Kier molecular flexibility index (Phi) is 8.17. The van der Waals surface area contributed by atoms with Gasteiger partial charge in [-0.15, -0.1) is 0 Å². The summed E-state index contributed by atoms with van der Waals surface area (Å²) in [7, 11) is 0. The Morgan fingerprint density at radius 2 is 1.30 bits per heavy atom. The van der Waals surface area contributed by atoms with Crippen LogP contribution in [0.25, 0.3) is 0 Å². The molecule has 138 valence electrons. The highest BCUT2D eigenvalue weighted by Gasteiger charge is 2.58. The van der Waals surface area contributed by atoms with Crippen LogP contribution in [-0.2, 0) is 4.79 Å². The lowest BCUT2D eigenvalue weighted by Gasteiger charge is -2.57. The largest absolute Gasteiger partial charge is 0.481 e. The lowest BCUT2D eigenvalue weighted by atomic mass is 9.48. The van der Waals surface area contributed by atoms with Crippen molar-refractivity contribution < 1.29 is 30.3 Å². The summed E-state index contributed by atoms with van der Waals surface area (Å²) in [5.74, 6) is -0.990. The molecule has 0 aliphatic rings. The molecule has 0 radical (unpaired) electrons. The molecule has 0 rings (SSSR count). The second-order valence-corrected chi connectivity index (χ2v) is 7.62. The van der Waals surface area contributed by atoms with Crippen molar-refractivity contribution in [3.8, 4) is 0 Å². The zero-order chi connectivity index (χ0) is 18.5. The van der Waals surface area contributed by atoms with Gasteiger partial charge in [0.1, 0.15) is 0 Å². The maximum absolute atomic E-state index is 11.1. The molecule has 0 aromatic carbocycles. The first kappa shape index (κ1) is 22.3. The molecule has 0 aliphatic heterocycles. The van der Waals surface area contributed by atoms with Crippen molar-refractivity contribution in [2.45, 2.75) is 85.7 Å². The molecule has 0 heterocycles. The summed E-state index contributed by atoms with van der Waals surface area (Å²) in [5.41, 5.74) is -3.18. The SMILES string of the molecule is CCCCCC(CCC(=O)O)(C(C)(C)C(O)O)C(C)(C)C(O)O. The highest BCUT2D eigenvalue weighted by atomic mass is 16.5. The number of carboxylic acid groups (broad SMARTS) is 1. The fourth-order valence-electron chi connectivity index (χ4n) is 3.74. The average molecular weight is 334 g/mol. The van der Waals surface area contributed by atoms with Gasteiger partial charge in [-0.2, -0.15) is 0 Å². The van der Waals surface area contributed by atoms with Gasteiger partial charge in [0.05, 0.1) is 0 Å². The number of hydrogen-bond donors (Lipinski definition) is 5. The standard InChI is InChI=1S/C17H34O6/c1-6-7-8-10-17(11-9-12(18)19,15(2,3)13(20)21)16(4,5)14(22)23/h13-14,20-23H,6-11H2,1-5H3,(H,18,19). The van der Waals surface area contributed by atoms with E-state index in [1.165, 1.54) is 0 Å². The number of carbonyl (C=O) groups is 1. The molecule has 23 heavy (non-hydrogen) atoms. The molecule has 0 spiro atoms. The zero-order valence-corrected chi connectivity index (χ0v) is 15.0.